The summed E-state index contributed by atoms with van der Waals surface area (Å²) in [4.78, 5) is 13.5. The van der Waals surface area contributed by atoms with E-state index in [4.69, 9.17) is 0 Å². The second-order valence-electron chi connectivity index (χ2n) is 4.94. The van der Waals surface area contributed by atoms with Crippen molar-refractivity contribution < 1.29 is 9.90 Å². The van der Waals surface area contributed by atoms with Crippen LogP contribution in [0.5, 0.6) is 0 Å². The first-order valence-electron chi connectivity index (χ1n) is 6.10. The van der Waals surface area contributed by atoms with E-state index in [0.29, 0.717) is 0 Å². The van der Waals surface area contributed by atoms with Crippen molar-refractivity contribution in [3.05, 3.63) is 29.8 Å². The molecule has 0 atom stereocenters. The molecule has 1 aliphatic carbocycles. The number of likely N-dealkylation sites (N-methyl/N-ethyl adjacent to an activating group) is 1. The average molecular weight is 233 g/mol. The van der Waals surface area contributed by atoms with Crippen LogP contribution in [-0.4, -0.2) is 23.7 Å². The Labute approximate surface area is 102 Å². The number of aryl methyl sites for hydroxylation is 1. The second kappa shape index (κ2) is 4.40. The van der Waals surface area contributed by atoms with E-state index in [1.165, 1.54) is 5.56 Å². The Morgan fingerprint density at radius 3 is 2.24 bits per heavy atom. The van der Waals surface area contributed by atoms with Gasteiger partial charge in [-0.15, -0.1) is 0 Å². The van der Waals surface area contributed by atoms with E-state index in [1.807, 2.05) is 43.1 Å². The van der Waals surface area contributed by atoms with Gasteiger partial charge in [-0.05, 0) is 31.9 Å². The number of nitrogens with zero attached hydrogens (tertiary/aromatic N) is 1. The fourth-order valence-corrected chi connectivity index (χ4v) is 2.67. The van der Waals surface area contributed by atoms with Gasteiger partial charge in [-0.3, -0.25) is 0 Å². The van der Waals surface area contributed by atoms with Gasteiger partial charge < -0.3 is 10.0 Å². The maximum Gasteiger partial charge on any atom is 0.329 e. The average Bonchev–Trinajstić information content (AvgIpc) is 2.79. The molecular formula is C14H19NO2. The number of anilines is 1. The Bertz CT molecular complexity index is 405. The van der Waals surface area contributed by atoms with Crippen molar-refractivity contribution in [3.8, 4) is 0 Å². The SMILES string of the molecule is Cc1ccc(N(C)C2(C(=O)O)CCCC2)cc1. The zero-order chi connectivity index (χ0) is 12.5. The van der Waals surface area contributed by atoms with Gasteiger partial charge in [-0.2, -0.15) is 0 Å². The molecule has 1 aromatic carbocycles. The van der Waals surface area contributed by atoms with Crippen LogP contribution in [-0.2, 0) is 4.79 Å². The summed E-state index contributed by atoms with van der Waals surface area (Å²) in [7, 11) is 1.89. The lowest BCUT2D eigenvalue weighted by molar-refractivity contribution is -0.143. The molecule has 17 heavy (non-hydrogen) atoms. The van der Waals surface area contributed by atoms with Crippen LogP contribution in [0, 0.1) is 6.92 Å². The Morgan fingerprint density at radius 2 is 1.76 bits per heavy atom. The van der Waals surface area contributed by atoms with Gasteiger partial charge in [0.25, 0.3) is 0 Å². The summed E-state index contributed by atoms with van der Waals surface area (Å²) in [6.45, 7) is 2.03. The van der Waals surface area contributed by atoms with E-state index in [9.17, 15) is 9.90 Å². The number of aliphatic carboxylic acids is 1. The summed E-state index contributed by atoms with van der Waals surface area (Å²) in [5, 5.41) is 9.51. The summed E-state index contributed by atoms with van der Waals surface area (Å²) in [6.07, 6.45) is 3.49. The lowest BCUT2D eigenvalue weighted by Crippen LogP contribution is -2.51. The van der Waals surface area contributed by atoms with E-state index in [1.54, 1.807) is 0 Å². The molecule has 0 heterocycles. The molecule has 3 nitrogen and oxygen atoms in total. The summed E-state index contributed by atoms with van der Waals surface area (Å²) >= 11 is 0. The third-order valence-electron chi connectivity index (χ3n) is 3.89. The highest BCUT2D eigenvalue weighted by Gasteiger charge is 2.45. The minimum absolute atomic E-state index is 0.696. The molecule has 3 heteroatoms. The smallest absolute Gasteiger partial charge is 0.329 e. The van der Waals surface area contributed by atoms with Gasteiger partial charge in [0.15, 0.2) is 0 Å². The van der Waals surface area contributed by atoms with Crippen molar-refractivity contribution >= 4 is 11.7 Å². The number of carbonyl (C=O) groups is 1. The standard InChI is InChI=1S/C14H19NO2/c1-11-5-7-12(8-6-11)15(2)14(13(16)17)9-3-4-10-14/h5-8H,3-4,9-10H2,1-2H3,(H,16,17). The topological polar surface area (TPSA) is 40.5 Å². The van der Waals surface area contributed by atoms with E-state index in [2.05, 4.69) is 0 Å². The van der Waals surface area contributed by atoms with E-state index < -0.39 is 11.5 Å². The number of hydrogen-bond acceptors (Lipinski definition) is 2. The number of benzene rings is 1. The predicted octanol–water partition coefficient (Wildman–Crippen LogP) is 2.83. The summed E-state index contributed by atoms with van der Waals surface area (Å²) < 4.78 is 0. The van der Waals surface area contributed by atoms with Crippen LogP contribution in [0.3, 0.4) is 0 Å². The predicted molar refractivity (Wildman–Crippen MR) is 68.4 cm³/mol. The van der Waals surface area contributed by atoms with Crippen LogP contribution in [0.4, 0.5) is 5.69 Å². The minimum atomic E-state index is -0.699. The summed E-state index contributed by atoms with van der Waals surface area (Å²) in [6, 6.07) is 8.04. The molecule has 0 aromatic heterocycles. The van der Waals surface area contributed by atoms with Crippen molar-refractivity contribution in [2.45, 2.75) is 38.1 Å². The summed E-state index contributed by atoms with van der Waals surface area (Å²) in [5.41, 5.74) is 1.48. The molecule has 1 aliphatic rings. The molecule has 0 unspecified atom stereocenters. The van der Waals surface area contributed by atoms with Gasteiger partial charge in [-0.25, -0.2) is 4.79 Å². The highest BCUT2D eigenvalue weighted by Crippen LogP contribution is 2.37. The highest BCUT2D eigenvalue weighted by molar-refractivity contribution is 5.84. The molecule has 0 saturated heterocycles. The van der Waals surface area contributed by atoms with Crippen LogP contribution in [0.15, 0.2) is 24.3 Å². The quantitative estimate of drug-likeness (QED) is 0.872. The maximum absolute atomic E-state index is 11.6. The van der Waals surface area contributed by atoms with Gasteiger partial charge in [0, 0.05) is 12.7 Å². The molecule has 0 bridgehead atoms. The van der Waals surface area contributed by atoms with E-state index >= 15 is 0 Å². The normalized spacial score (nSPS) is 18.0. The monoisotopic (exact) mass is 233 g/mol. The first-order valence-corrected chi connectivity index (χ1v) is 6.10. The van der Waals surface area contributed by atoms with Gasteiger partial charge in [0.1, 0.15) is 5.54 Å². The van der Waals surface area contributed by atoms with Crippen LogP contribution < -0.4 is 4.90 Å². The van der Waals surface area contributed by atoms with Crippen LogP contribution >= 0.6 is 0 Å². The molecule has 2 rings (SSSR count). The van der Waals surface area contributed by atoms with Crippen molar-refractivity contribution in [2.75, 3.05) is 11.9 Å². The first-order chi connectivity index (χ1) is 8.06. The summed E-state index contributed by atoms with van der Waals surface area (Å²) in [5.74, 6) is -0.696. The van der Waals surface area contributed by atoms with Crippen LogP contribution in [0.25, 0.3) is 0 Å². The Balaban J connectivity index is 2.31. The molecular weight excluding hydrogens is 214 g/mol. The Morgan fingerprint density at radius 1 is 1.24 bits per heavy atom. The largest absolute Gasteiger partial charge is 0.479 e. The minimum Gasteiger partial charge on any atom is -0.479 e. The van der Waals surface area contributed by atoms with Gasteiger partial charge in [-0.1, -0.05) is 30.5 Å². The van der Waals surface area contributed by atoms with Crippen molar-refractivity contribution in [3.63, 3.8) is 0 Å². The molecule has 0 aliphatic heterocycles. The highest BCUT2D eigenvalue weighted by atomic mass is 16.4. The molecule has 0 amide bonds. The molecule has 0 radical (unpaired) electrons. The molecule has 1 aromatic rings. The lowest BCUT2D eigenvalue weighted by Gasteiger charge is -2.36. The zero-order valence-electron chi connectivity index (χ0n) is 10.4. The zero-order valence-corrected chi connectivity index (χ0v) is 10.4. The Kier molecular flexibility index (Phi) is 3.09. The maximum atomic E-state index is 11.6. The molecule has 1 fully saturated rings. The van der Waals surface area contributed by atoms with Crippen molar-refractivity contribution in [1.29, 1.82) is 0 Å². The van der Waals surface area contributed by atoms with Gasteiger partial charge >= 0.3 is 5.97 Å². The number of hydrogen-bond donors (Lipinski definition) is 1. The molecule has 1 N–H and O–H groups in total. The van der Waals surface area contributed by atoms with Gasteiger partial charge in [0.05, 0.1) is 0 Å². The molecule has 0 spiro atoms. The number of carboxylic acid groups (broad SMARTS) is 1. The van der Waals surface area contributed by atoms with E-state index in [0.717, 1.165) is 31.4 Å². The number of carboxylic acids is 1. The first kappa shape index (κ1) is 12.0. The lowest BCUT2D eigenvalue weighted by atomic mass is 9.95. The van der Waals surface area contributed by atoms with E-state index in [-0.39, 0.29) is 0 Å². The van der Waals surface area contributed by atoms with Crippen molar-refractivity contribution in [2.24, 2.45) is 0 Å². The fraction of sp³-hybridized carbons (Fsp3) is 0.500. The van der Waals surface area contributed by atoms with Crippen molar-refractivity contribution in [1.82, 2.24) is 0 Å². The fourth-order valence-electron chi connectivity index (χ4n) is 2.67. The molecule has 92 valence electrons. The van der Waals surface area contributed by atoms with Crippen LogP contribution in [0.1, 0.15) is 31.2 Å². The van der Waals surface area contributed by atoms with Gasteiger partial charge in [0.2, 0.25) is 0 Å². The third kappa shape index (κ3) is 2.02. The second-order valence-corrected chi connectivity index (χ2v) is 4.94. The van der Waals surface area contributed by atoms with Crippen LogP contribution in [0.2, 0.25) is 0 Å². The molecule has 1 saturated carbocycles. The Hall–Kier alpha value is -1.51. The number of rotatable bonds is 3. The third-order valence-corrected chi connectivity index (χ3v) is 3.89.